The lowest BCUT2D eigenvalue weighted by atomic mass is 9.78. The number of ether oxygens (including phenoxy) is 1. The number of imide groups is 1. The maximum absolute atomic E-state index is 13.5. The second kappa shape index (κ2) is 12.2. The van der Waals surface area contributed by atoms with Gasteiger partial charge in [0.1, 0.15) is 0 Å². The normalized spacial score (nSPS) is 18.8. The van der Waals surface area contributed by atoms with Gasteiger partial charge in [-0.2, -0.15) is 0 Å². The molecular formula is C40H32N2O5. The molecule has 1 aromatic heterocycles. The van der Waals surface area contributed by atoms with Gasteiger partial charge in [0.2, 0.25) is 11.8 Å². The zero-order valence-corrected chi connectivity index (χ0v) is 26.1. The van der Waals surface area contributed by atoms with Crippen LogP contribution in [-0.2, 0) is 14.3 Å². The number of ketones is 1. The van der Waals surface area contributed by atoms with Gasteiger partial charge < -0.3 is 4.74 Å². The van der Waals surface area contributed by atoms with E-state index in [1.54, 1.807) is 42.5 Å². The van der Waals surface area contributed by atoms with Crippen LogP contribution >= 0.6 is 0 Å². The van der Waals surface area contributed by atoms with E-state index >= 15 is 0 Å². The van der Waals surface area contributed by atoms with Gasteiger partial charge in [-0.1, -0.05) is 104 Å². The van der Waals surface area contributed by atoms with Crippen LogP contribution < -0.4 is 4.90 Å². The van der Waals surface area contributed by atoms with E-state index in [1.807, 2.05) is 86.7 Å². The SMILES string of the molecule is Cc1cccc2c(C(=O)OCC(=O)c3ccc(-c4ccccc4)cc3)cc(-c3ccc(N4C(=O)C5CC=CC(C)C5C4=O)cc3)nc12. The molecule has 1 aliphatic carbocycles. The van der Waals surface area contributed by atoms with Crippen molar-refractivity contribution in [3.63, 3.8) is 0 Å². The van der Waals surface area contributed by atoms with Crippen LogP contribution in [0.4, 0.5) is 5.69 Å². The lowest BCUT2D eigenvalue weighted by Crippen LogP contribution is -2.31. The van der Waals surface area contributed by atoms with Gasteiger partial charge in [0.15, 0.2) is 12.4 Å². The van der Waals surface area contributed by atoms with Crippen molar-refractivity contribution in [1.29, 1.82) is 0 Å². The van der Waals surface area contributed by atoms with Crippen molar-refractivity contribution in [3.8, 4) is 22.4 Å². The number of pyridine rings is 1. The summed E-state index contributed by atoms with van der Waals surface area (Å²) < 4.78 is 5.56. The second-order valence-electron chi connectivity index (χ2n) is 12.2. The highest BCUT2D eigenvalue weighted by Crippen LogP contribution is 2.41. The highest BCUT2D eigenvalue weighted by Gasteiger charge is 2.50. The van der Waals surface area contributed by atoms with Gasteiger partial charge in [0, 0.05) is 16.5 Å². The molecule has 0 saturated carbocycles. The van der Waals surface area contributed by atoms with Crippen molar-refractivity contribution in [1.82, 2.24) is 4.98 Å². The summed E-state index contributed by atoms with van der Waals surface area (Å²) in [7, 11) is 0. The minimum atomic E-state index is -0.631. The number of carbonyl (C=O) groups is 4. The fourth-order valence-electron chi connectivity index (χ4n) is 6.66. The number of nitrogens with zero attached hydrogens (tertiary/aromatic N) is 2. The average molecular weight is 621 g/mol. The fraction of sp³-hybridized carbons (Fsp3) is 0.175. The number of fused-ring (bicyclic) bond motifs is 2. The zero-order valence-electron chi connectivity index (χ0n) is 26.1. The first-order chi connectivity index (χ1) is 22.8. The van der Waals surface area contributed by atoms with Crippen molar-refractivity contribution in [3.05, 3.63) is 132 Å². The summed E-state index contributed by atoms with van der Waals surface area (Å²) in [5, 5.41) is 0.619. The third-order valence-corrected chi connectivity index (χ3v) is 9.20. The standard InChI is InChI=1S/C40H32N2O5/c1-24-8-6-13-32-36(24)39(45)42(38(32)44)30-20-18-28(19-21-30)34-22-33(31-12-7-9-25(2)37(31)41-34)40(46)47-23-35(43)29-16-14-27(15-17-29)26-10-4-3-5-11-26/h3-12,14-22,24,32,36H,13,23H2,1-2H3. The summed E-state index contributed by atoms with van der Waals surface area (Å²) in [6.45, 7) is 3.48. The molecule has 2 heterocycles. The number of para-hydroxylation sites is 1. The highest BCUT2D eigenvalue weighted by molar-refractivity contribution is 6.22. The molecule has 3 unspecified atom stereocenters. The van der Waals surface area contributed by atoms with Crippen LogP contribution in [0.25, 0.3) is 33.3 Å². The van der Waals surface area contributed by atoms with E-state index in [-0.39, 0.29) is 35.4 Å². The number of hydrogen-bond acceptors (Lipinski definition) is 6. The van der Waals surface area contributed by atoms with E-state index in [4.69, 9.17) is 9.72 Å². The molecular weight excluding hydrogens is 588 g/mol. The summed E-state index contributed by atoms with van der Waals surface area (Å²) in [4.78, 5) is 59.1. The van der Waals surface area contributed by atoms with E-state index in [2.05, 4.69) is 0 Å². The van der Waals surface area contributed by atoms with Crippen LogP contribution in [0, 0.1) is 24.7 Å². The number of rotatable bonds is 7. The molecule has 0 bridgehead atoms. The third-order valence-electron chi connectivity index (χ3n) is 9.20. The van der Waals surface area contributed by atoms with E-state index in [0.29, 0.717) is 45.4 Å². The molecule has 7 nitrogen and oxygen atoms in total. The molecule has 1 aliphatic heterocycles. The Balaban J connectivity index is 1.12. The van der Waals surface area contributed by atoms with Crippen LogP contribution in [0.1, 0.15) is 39.6 Å². The van der Waals surface area contributed by atoms with Crippen LogP contribution in [0.5, 0.6) is 0 Å². The quantitative estimate of drug-likeness (QED) is 0.0804. The topological polar surface area (TPSA) is 93.6 Å². The molecule has 0 N–H and O–H groups in total. The van der Waals surface area contributed by atoms with E-state index < -0.39 is 12.6 Å². The van der Waals surface area contributed by atoms with Gasteiger partial charge in [-0.05, 0) is 54.2 Å². The van der Waals surface area contributed by atoms with Crippen LogP contribution in [0.2, 0.25) is 0 Å². The molecule has 7 heteroatoms. The van der Waals surface area contributed by atoms with Gasteiger partial charge in [-0.3, -0.25) is 19.3 Å². The van der Waals surface area contributed by atoms with Crippen molar-refractivity contribution < 1.29 is 23.9 Å². The first kappa shape index (κ1) is 30.0. The van der Waals surface area contributed by atoms with Crippen molar-refractivity contribution in [2.45, 2.75) is 20.3 Å². The Labute approximate surface area is 272 Å². The zero-order chi connectivity index (χ0) is 32.7. The predicted molar refractivity (Wildman–Crippen MR) is 181 cm³/mol. The highest BCUT2D eigenvalue weighted by atomic mass is 16.5. The lowest BCUT2D eigenvalue weighted by Gasteiger charge is -2.22. The number of amides is 2. The minimum Gasteiger partial charge on any atom is -0.454 e. The number of anilines is 1. The molecule has 1 fully saturated rings. The first-order valence-corrected chi connectivity index (χ1v) is 15.7. The Hall–Kier alpha value is -5.69. The van der Waals surface area contributed by atoms with Gasteiger partial charge >= 0.3 is 5.97 Å². The predicted octanol–water partition coefficient (Wildman–Crippen LogP) is 7.62. The van der Waals surface area contributed by atoms with E-state index in [9.17, 15) is 19.2 Å². The van der Waals surface area contributed by atoms with Crippen LogP contribution in [0.3, 0.4) is 0 Å². The number of hydrogen-bond donors (Lipinski definition) is 0. The van der Waals surface area contributed by atoms with Gasteiger partial charge in [0.25, 0.3) is 0 Å². The minimum absolute atomic E-state index is 0.00757. The van der Waals surface area contributed by atoms with Gasteiger partial charge in [-0.25, -0.2) is 9.78 Å². The molecule has 0 spiro atoms. The number of carbonyl (C=O) groups excluding carboxylic acids is 4. The van der Waals surface area contributed by atoms with E-state index in [0.717, 1.165) is 16.7 Å². The van der Waals surface area contributed by atoms with Crippen LogP contribution in [-0.4, -0.2) is 35.2 Å². The maximum atomic E-state index is 13.5. The number of benzene rings is 4. The molecule has 232 valence electrons. The molecule has 0 radical (unpaired) electrons. The molecule has 4 aromatic carbocycles. The van der Waals surface area contributed by atoms with Gasteiger partial charge in [-0.15, -0.1) is 0 Å². The molecule has 3 atom stereocenters. The number of esters is 1. The lowest BCUT2D eigenvalue weighted by molar-refractivity contribution is -0.122. The summed E-state index contributed by atoms with van der Waals surface area (Å²) >= 11 is 0. The summed E-state index contributed by atoms with van der Waals surface area (Å²) in [6, 6.07) is 31.4. The van der Waals surface area contributed by atoms with E-state index in [1.165, 1.54) is 4.90 Å². The Morgan fingerprint density at radius 1 is 0.830 bits per heavy atom. The fourth-order valence-corrected chi connectivity index (χ4v) is 6.66. The van der Waals surface area contributed by atoms with Crippen molar-refractivity contribution in [2.24, 2.45) is 17.8 Å². The molecule has 5 aromatic rings. The monoisotopic (exact) mass is 620 g/mol. The van der Waals surface area contributed by atoms with Crippen molar-refractivity contribution >= 4 is 40.2 Å². The largest absolute Gasteiger partial charge is 0.454 e. The summed E-state index contributed by atoms with van der Waals surface area (Å²) in [5.74, 6) is -1.94. The molecule has 2 amide bonds. The molecule has 1 saturated heterocycles. The van der Waals surface area contributed by atoms with Crippen LogP contribution in [0.15, 0.2) is 115 Å². The number of Topliss-reactive ketones (excluding diaryl/α,β-unsaturated/α-hetero) is 1. The third kappa shape index (κ3) is 5.54. The second-order valence-corrected chi connectivity index (χ2v) is 12.2. The Bertz CT molecular complexity index is 2070. The number of allylic oxidation sites excluding steroid dienone is 2. The molecule has 2 aliphatic rings. The average Bonchev–Trinajstić information content (AvgIpc) is 3.37. The number of aromatic nitrogens is 1. The van der Waals surface area contributed by atoms with Gasteiger partial charge in [0.05, 0.1) is 34.3 Å². The molecule has 47 heavy (non-hydrogen) atoms. The first-order valence-electron chi connectivity index (χ1n) is 15.7. The Morgan fingerprint density at radius 3 is 2.26 bits per heavy atom. The summed E-state index contributed by atoms with van der Waals surface area (Å²) in [5.41, 5.74) is 6.04. The maximum Gasteiger partial charge on any atom is 0.339 e. The smallest absolute Gasteiger partial charge is 0.339 e. The number of aryl methyl sites for hydroxylation is 1. The van der Waals surface area contributed by atoms with Crippen molar-refractivity contribution in [2.75, 3.05) is 11.5 Å². The Kier molecular flexibility index (Phi) is 7.82. The summed E-state index contributed by atoms with van der Waals surface area (Å²) in [6.07, 6.45) is 4.56. The Morgan fingerprint density at radius 2 is 1.53 bits per heavy atom. The molecule has 7 rings (SSSR count).